The number of pyridine rings is 2. The van der Waals surface area contributed by atoms with Gasteiger partial charge in [-0.25, -0.2) is 23.1 Å². The molecular formula is C25H34F2N4O4. The Hall–Kier alpha value is -3.40. The van der Waals surface area contributed by atoms with Gasteiger partial charge in [0.2, 0.25) is 0 Å². The third-order valence-electron chi connectivity index (χ3n) is 4.54. The number of ether oxygens (including phenoxy) is 1. The Labute approximate surface area is 204 Å². The number of carbonyl (C=O) groups excluding carboxylic acids is 2. The van der Waals surface area contributed by atoms with E-state index in [1.54, 1.807) is 38.5 Å². The number of nitrogens with zero attached hydrogens (tertiary/aromatic N) is 3. The highest BCUT2D eigenvalue weighted by atomic mass is 19.3. The topological polar surface area (TPSA) is 106 Å². The molecule has 8 nitrogen and oxygen atoms in total. The highest BCUT2D eigenvalue weighted by molar-refractivity contribution is 5.96. The second-order valence-electron chi connectivity index (χ2n) is 7.79. The minimum atomic E-state index is -2.62. The summed E-state index contributed by atoms with van der Waals surface area (Å²) in [6, 6.07) is 7.75. The van der Waals surface area contributed by atoms with Crippen LogP contribution in [0.1, 0.15) is 79.7 Å². The Bertz CT molecular complexity index is 1090. The summed E-state index contributed by atoms with van der Waals surface area (Å²) in [6.07, 6.45) is 0.795. The molecule has 0 bridgehead atoms. The quantitative estimate of drug-likeness (QED) is 0.332. The van der Waals surface area contributed by atoms with Crippen molar-refractivity contribution in [1.29, 1.82) is 0 Å². The molecule has 3 heterocycles. The molecule has 35 heavy (non-hydrogen) atoms. The Morgan fingerprint density at radius 3 is 2.51 bits per heavy atom. The average Bonchev–Trinajstić information content (AvgIpc) is 3.25. The molecule has 0 atom stereocenters. The zero-order chi connectivity index (χ0) is 26.6. The number of fused-ring (bicyclic) bond motifs is 1. The molecule has 192 valence electrons. The van der Waals surface area contributed by atoms with E-state index in [1.807, 2.05) is 26.0 Å². The number of aryl methyl sites for hydroxylation is 1. The number of rotatable bonds is 8. The first-order chi connectivity index (χ1) is 16.6. The lowest BCUT2D eigenvalue weighted by molar-refractivity contribution is 0.0526. The van der Waals surface area contributed by atoms with Gasteiger partial charge in [0.25, 0.3) is 6.43 Å². The lowest BCUT2D eigenvalue weighted by Gasteiger charge is -2.15. The maximum absolute atomic E-state index is 12.0. The molecule has 0 aromatic carbocycles. The molecule has 3 rings (SSSR count). The van der Waals surface area contributed by atoms with E-state index in [-0.39, 0.29) is 17.4 Å². The number of aldehydes is 1. The van der Waals surface area contributed by atoms with Gasteiger partial charge in [0.05, 0.1) is 29.1 Å². The predicted molar refractivity (Wildman–Crippen MR) is 131 cm³/mol. The first kappa shape index (κ1) is 29.6. The van der Waals surface area contributed by atoms with Crippen LogP contribution in [0.15, 0.2) is 36.5 Å². The molecule has 3 aromatic heterocycles. The van der Waals surface area contributed by atoms with Crippen LogP contribution in [0.25, 0.3) is 5.52 Å². The summed E-state index contributed by atoms with van der Waals surface area (Å²) < 4.78 is 30.5. The molecule has 0 spiro atoms. The molecule has 0 fully saturated rings. The van der Waals surface area contributed by atoms with E-state index in [9.17, 15) is 23.5 Å². The molecule has 0 radical (unpaired) electrons. The van der Waals surface area contributed by atoms with Crippen LogP contribution in [0.2, 0.25) is 0 Å². The maximum Gasteiger partial charge on any atom is 0.341 e. The van der Waals surface area contributed by atoms with Gasteiger partial charge in [0.1, 0.15) is 17.0 Å². The Kier molecular flexibility index (Phi) is 11.9. The molecule has 0 unspecified atom stereocenters. The summed E-state index contributed by atoms with van der Waals surface area (Å²) in [6.45, 7) is 9.66. The van der Waals surface area contributed by atoms with Gasteiger partial charge in [-0.2, -0.15) is 5.10 Å². The lowest BCUT2D eigenvalue weighted by atomic mass is 10.0. The van der Waals surface area contributed by atoms with Gasteiger partial charge in [0.15, 0.2) is 6.29 Å². The van der Waals surface area contributed by atoms with Crippen LogP contribution in [-0.2, 0) is 11.2 Å². The molecule has 10 heteroatoms. The summed E-state index contributed by atoms with van der Waals surface area (Å²) in [4.78, 5) is 25.4. The Morgan fingerprint density at radius 2 is 1.97 bits per heavy atom. The van der Waals surface area contributed by atoms with E-state index >= 15 is 0 Å². The van der Waals surface area contributed by atoms with Gasteiger partial charge in [-0.3, -0.25) is 4.79 Å². The number of hydrogen-bond acceptors (Lipinski definition) is 7. The van der Waals surface area contributed by atoms with Gasteiger partial charge < -0.3 is 15.2 Å². The minimum absolute atomic E-state index is 0.0304. The van der Waals surface area contributed by atoms with E-state index < -0.39 is 12.0 Å². The van der Waals surface area contributed by atoms with E-state index in [0.717, 1.165) is 11.2 Å². The van der Waals surface area contributed by atoms with Crippen molar-refractivity contribution >= 4 is 23.5 Å². The number of esters is 1. The van der Waals surface area contributed by atoms with Crippen molar-refractivity contribution in [2.75, 3.05) is 19.0 Å². The number of anilines is 1. The highest BCUT2D eigenvalue weighted by Gasteiger charge is 2.17. The summed E-state index contributed by atoms with van der Waals surface area (Å²) in [7, 11) is 1.76. The van der Waals surface area contributed by atoms with Crippen LogP contribution in [0.5, 0.6) is 0 Å². The number of halogens is 2. The average molecular weight is 493 g/mol. The smallest absolute Gasteiger partial charge is 0.341 e. The van der Waals surface area contributed by atoms with Crippen molar-refractivity contribution in [3.05, 3.63) is 59.2 Å². The predicted octanol–water partition coefficient (Wildman–Crippen LogP) is 5.11. The van der Waals surface area contributed by atoms with Crippen molar-refractivity contribution in [2.45, 2.75) is 59.5 Å². The fraction of sp³-hybridized carbons (Fsp3) is 0.440. The normalized spacial score (nSPS) is 10.7. The monoisotopic (exact) mass is 492 g/mol. The van der Waals surface area contributed by atoms with Crippen molar-refractivity contribution in [3.8, 4) is 0 Å². The van der Waals surface area contributed by atoms with E-state index in [1.165, 1.54) is 18.2 Å². The fourth-order valence-electron chi connectivity index (χ4n) is 2.88. The number of nitrogens with one attached hydrogen (secondary N) is 1. The Balaban J connectivity index is 0.000000395. The van der Waals surface area contributed by atoms with Crippen LogP contribution in [0, 0.1) is 0 Å². The zero-order valence-corrected chi connectivity index (χ0v) is 21.0. The molecular weight excluding hydrogens is 458 g/mol. The van der Waals surface area contributed by atoms with E-state index in [0.29, 0.717) is 37.0 Å². The molecule has 2 N–H and O–H groups in total. The van der Waals surface area contributed by atoms with Gasteiger partial charge in [-0.15, -0.1) is 0 Å². The van der Waals surface area contributed by atoms with Crippen LogP contribution < -0.4 is 5.32 Å². The number of carbonyl (C=O) groups is 2. The van der Waals surface area contributed by atoms with Crippen LogP contribution in [0.3, 0.4) is 0 Å². The van der Waals surface area contributed by atoms with Crippen molar-refractivity contribution in [3.63, 3.8) is 0 Å². The highest BCUT2D eigenvalue weighted by Crippen LogP contribution is 2.21. The lowest BCUT2D eigenvalue weighted by Crippen LogP contribution is -2.19. The number of alkyl halides is 2. The minimum Gasteiger partial charge on any atom is -0.462 e. The number of aliphatic hydroxyl groups is 1. The molecule has 3 aromatic rings. The second kappa shape index (κ2) is 14.1. The Morgan fingerprint density at radius 1 is 1.29 bits per heavy atom. The molecule has 0 aliphatic carbocycles. The van der Waals surface area contributed by atoms with E-state index in [2.05, 4.69) is 15.4 Å². The number of hydrogen-bond donors (Lipinski definition) is 2. The van der Waals surface area contributed by atoms with E-state index in [4.69, 9.17) is 4.74 Å². The van der Waals surface area contributed by atoms with Gasteiger partial charge in [-0.05, 0) is 57.9 Å². The third-order valence-corrected chi connectivity index (χ3v) is 4.54. The molecule has 0 saturated carbocycles. The van der Waals surface area contributed by atoms with Crippen molar-refractivity contribution in [2.24, 2.45) is 0 Å². The van der Waals surface area contributed by atoms with Gasteiger partial charge in [0, 0.05) is 13.2 Å². The molecule has 0 amide bonds. The molecule has 0 saturated heterocycles. The third kappa shape index (κ3) is 9.40. The van der Waals surface area contributed by atoms with Crippen LogP contribution >= 0.6 is 0 Å². The molecule has 0 aliphatic rings. The molecule has 0 aliphatic heterocycles. The SMILES string of the molecule is CC.CCOC(=O)c1cn2nc(CCC(C)(C)O)cc2cc1NC.O=Cc1cccc(C(F)F)n1. The number of aromatic nitrogens is 3. The maximum atomic E-state index is 12.0. The van der Waals surface area contributed by atoms with Crippen LogP contribution in [-0.4, -0.2) is 51.2 Å². The van der Waals surface area contributed by atoms with Crippen molar-refractivity contribution < 1.29 is 28.2 Å². The first-order valence-electron chi connectivity index (χ1n) is 11.4. The van der Waals surface area contributed by atoms with Gasteiger partial charge in [-0.1, -0.05) is 19.9 Å². The largest absolute Gasteiger partial charge is 0.462 e. The summed E-state index contributed by atoms with van der Waals surface area (Å²) >= 11 is 0. The van der Waals surface area contributed by atoms with Crippen molar-refractivity contribution in [1.82, 2.24) is 14.6 Å². The summed E-state index contributed by atoms with van der Waals surface area (Å²) in [5, 5.41) is 17.3. The zero-order valence-electron chi connectivity index (χ0n) is 21.0. The van der Waals surface area contributed by atoms with Crippen LogP contribution in [0.4, 0.5) is 14.5 Å². The first-order valence-corrected chi connectivity index (χ1v) is 11.4. The second-order valence-corrected chi connectivity index (χ2v) is 7.79. The fourth-order valence-corrected chi connectivity index (χ4v) is 2.88. The standard InChI is InChI=1S/C16H23N3O3.C7H5F2NO.C2H6/c1-5-22-15(20)13-10-19-12(9-14(13)17-4)8-11(18-19)6-7-16(2,3)21;8-7(9)6-3-1-2-5(4-11)10-6;1-2/h8-10,17,21H,5-7H2,1-4H3;1-4,7H;1-2H3. The summed E-state index contributed by atoms with van der Waals surface area (Å²) in [5.41, 5.74) is 1.88. The van der Waals surface area contributed by atoms with Gasteiger partial charge >= 0.3 is 5.97 Å². The summed E-state index contributed by atoms with van der Waals surface area (Å²) in [5.74, 6) is -0.373.